The summed E-state index contributed by atoms with van der Waals surface area (Å²) in [4.78, 5) is 16.3. The third-order valence-corrected chi connectivity index (χ3v) is 8.60. The molecule has 12 heteroatoms. The fourth-order valence-electron chi connectivity index (χ4n) is 4.55. The molecule has 4 heterocycles. The van der Waals surface area contributed by atoms with E-state index in [4.69, 9.17) is 4.74 Å². The van der Waals surface area contributed by atoms with E-state index in [1.54, 1.807) is 10.7 Å². The van der Waals surface area contributed by atoms with Crippen LogP contribution in [0.15, 0.2) is 41.7 Å². The van der Waals surface area contributed by atoms with Crippen LogP contribution in [0.5, 0.6) is 5.19 Å². The summed E-state index contributed by atoms with van der Waals surface area (Å²) < 4.78 is 45.6. The molecule has 0 N–H and O–H groups in total. The van der Waals surface area contributed by atoms with Crippen molar-refractivity contribution in [2.45, 2.75) is 50.5 Å². The van der Waals surface area contributed by atoms with Crippen LogP contribution in [-0.4, -0.2) is 58.4 Å². The highest BCUT2D eigenvalue weighted by atomic mass is 32.2. The van der Waals surface area contributed by atoms with Crippen molar-refractivity contribution in [3.05, 3.63) is 48.2 Å². The molecule has 0 saturated carbocycles. The number of anilines is 1. The van der Waals surface area contributed by atoms with Gasteiger partial charge < -0.3 is 9.64 Å². The predicted octanol–water partition coefficient (Wildman–Crippen LogP) is 4.43. The monoisotopic (exact) mass is 544 g/mol. The molecule has 9 nitrogen and oxygen atoms in total. The van der Waals surface area contributed by atoms with Crippen molar-refractivity contribution in [3.8, 4) is 16.5 Å². The van der Waals surface area contributed by atoms with Gasteiger partial charge in [-0.25, -0.2) is 32.3 Å². The van der Waals surface area contributed by atoms with Crippen LogP contribution < -0.4 is 9.64 Å². The van der Waals surface area contributed by atoms with Gasteiger partial charge in [-0.2, -0.15) is 0 Å². The van der Waals surface area contributed by atoms with E-state index in [1.165, 1.54) is 29.0 Å². The molecule has 0 spiro atoms. The Bertz CT molecular complexity index is 1460. The molecule has 4 aromatic rings. The first-order valence-corrected chi connectivity index (χ1v) is 15.0. The molecule has 1 atom stereocenters. The van der Waals surface area contributed by atoms with Gasteiger partial charge in [0.2, 0.25) is 10.9 Å². The minimum atomic E-state index is -3.49. The maximum atomic E-state index is 14.6. The molecule has 3 aromatic heterocycles. The van der Waals surface area contributed by atoms with Gasteiger partial charge in [0, 0.05) is 37.3 Å². The lowest BCUT2D eigenvalue weighted by Gasteiger charge is -2.34. The zero-order valence-corrected chi connectivity index (χ0v) is 22.6. The van der Waals surface area contributed by atoms with Crippen LogP contribution in [-0.2, 0) is 16.3 Å². The highest BCUT2D eigenvalue weighted by molar-refractivity contribution is 7.90. The van der Waals surface area contributed by atoms with Crippen molar-refractivity contribution in [3.63, 3.8) is 0 Å². The number of fused-ring (bicyclic) bond motifs is 1. The van der Waals surface area contributed by atoms with Gasteiger partial charge in [0.1, 0.15) is 11.9 Å². The van der Waals surface area contributed by atoms with Gasteiger partial charge in [-0.1, -0.05) is 13.3 Å². The third kappa shape index (κ3) is 5.59. The van der Waals surface area contributed by atoms with E-state index in [0.717, 1.165) is 57.0 Å². The molecule has 196 valence electrons. The summed E-state index contributed by atoms with van der Waals surface area (Å²) in [6, 6.07) is 3.82. The molecule has 1 aliphatic rings. The van der Waals surface area contributed by atoms with E-state index in [9.17, 15) is 12.8 Å². The molecule has 0 amide bonds. The molecule has 1 unspecified atom stereocenters. The average molecular weight is 545 g/mol. The smallest absolute Gasteiger partial charge is 0.294 e. The Labute approximate surface area is 219 Å². The van der Waals surface area contributed by atoms with Gasteiger partial charge in [0.05, 0.1) is 16.8 Å². The summed E-state index contributed by atoms with van der Waals surface area (Å²) in [5.41, 5.74) is 1.77. The van der Waals surface area contributed by atoms with Crippen LogP contribution in [0.3, 0.4) is 0 Å². The standard InChI is InChI=1S/C25H29FN6O3S2/c1-4-5-17-13-27-23(28-14-17)31-10-8-18(9-11-31)16(2)35-25-30-32-15-22(29-24(32)36-25)20-7-6-19(12-21(20)26)37(3,33)34/h6-7,12-16,18H,4-5,8-11H2,1-3H3. The molecule has 1 fully saturated rings. The number of halogens is 1. The summed E-state index contributed by atoms with van der Waals surface area (Å²) >= 11 is 1.29. The van der Waals surface area contributed by atoms with E-state index in [-0.39, 0.29) is 16.6 Å². The lowest BCUT2D eigenvalue weighted by molar-refractivity contribution is 0.131. The van der Waals surface area contributed by atoms with Crippen LogP contribution >= 0.6 is 11.3 Å². The maximum absolute atomic E-state index is 14.6. The number of sulfone groups is 1. The molecule has 1 saturated heterocycles. The van der Waals surface area contributed by atoms with Crippen LogP contribution in [0, 0.1) is 11.7 Å². The highest BCUT2D eigenvalue weighted by Crippen LogP contribution is 2.31. The van der Waals surface area contributed by atoms with E-state index < -0.39 is 15.7 Å². The zero-order chi connectivity index (χ0) is 26.2. The normalized spacial score (nSPS) is 15.8. The largest absolute Gasteiger partial charge is 0.466 e. The van der Waals surface area contributed by atoms with Crippen molar-refractivity contribution in [2.75, 3.05) is 24.2 Å². The molecule has 1 aliphatic heterocycles. The van der Waals surface area contributed by atoms with Crippen molar-refractivity contribution in [2.24, 2.45) is 5.92 Å². The Morgan fingerprint density at radius 2 is 1.95 bits per heavy atom. The molecular weight excluding hydrogens is 515 g/mol. The van der Waals surface area contributed by atoms with Gasteiger partial charge in [-0.3, -0.25) is 0 Å². The molecule has 37 heavy (non-hydrogen) atoms. The van der Waals surface area contributed by atoms with Crippen LogP contribution in [0.2, 0.25) is 0 Å². The number of imidazole rings is 1. The molecule has 0 aliphatic carbocycles. The second kappa shape index (κ2) is 10.3. The first-order valence-electron chi connectivity index (χ1n) is 12.3. The van der Waals surface area contributed by atoms with Crippen molar-refractivity contribution >= 4 is 32.1 Å². The van der Waals surface area contributed by atoms with Crippen molar-refractivity contribution < 1.29 is 17.5 Å². The molecule has 5 rings (SSSR count). The van der Waals surface area contributed by atoms with Gasteiger partial charge in [0.15, 0.2) is 9.84 Å². The molecular formula is C25H29FN6O3S2. The Kier molecular flexibility index (Phi) is 7.13. The summed E-state index contributed by atoms with van der Waals surface area (Å²) in [6.45, 7) is 5.96. The van der Waals surface area contributed by atoms with Crippen LogP contribution in [0.25, 0.3) is 16.2 Å². The SMILES string of the molecule is CCCc1cnc(N2CCC(C(C)Oc3nn4cc(-c5ccc(S(C)(=O)=O)cc5F)nc4s3)CC2)nc1. The van der Waals surface area contributed by atoms with E-state index >= 15 is 0 Å². The van der Waals surface area contributed by atoms with Crippen LogP contribution in [0.1, 0.15) is 38.7 Å². The maximum Gasteiger partial charge on any atom is 0.294 e. The molecule has 0 radical (unpaired) electrons. The number of rotatable bonds is 8. The van der Waals surface area contributed by atoms with Gasteiger partial charge in [0.25, 0.3) is 5.19 Å². The highest BCUT2D eigenvalue weighted by Gasteiger charge is 2.27. The Balaban J connectivity index is 1.20. The van der Waals surface area contributed by atoms with Crippen molar-refractivity contribution in [1.82, 2.24) is 24.6 Å². The minimum Gasteiger partial charge on any atom is -0.466 e. The van der Waals surface area contributed by atoms with Gasteiger partial charge >= 0.3 is 0 Å². The number of ether oxygens (including phenoxy) is 1. The number of hydrogen-bond donors (Lipinski definition) is 0. The predicted molar refractivity (Wildman–Crippen MR) is 140 cm³/mol. The summed E-state index contributed by atoms with van der Waals surface area (Å²) in [7, 11) is -3.49. The quantitative estimate of drug-likeness (QED) is 0.321. The summed E-state index contributed by atoms with van der Waals surface area (Å²) in [5, 5.41) is 4.97. The lowest BCUT2D eigenvalue weighted by Crippen LogP contribution is -2.39. The second-order valence-corrected chi connectivity index (χ2v) is 12.4. The number of hydrogen-bond acceptors (Lipinski definition) is 9. The van der Waals surface area contributed by atoms with Gasteiger partial charge in [-0.05, 0) is 67.2 Å². The first kappa shape index (κ1) is 25.5. The first-order chi connectivity index (χ1) is 17.7. The number of aromatic nitrogens is 5. The second-order valence-electron chi connectivity index (χ2n) is 9.42. The average Bonchev–Trinajstić information content (AvgIpc) is 3.43. The number of piperidine rings is 1. The summed E-state index contributed by atoms with van der Waals surface area (Å²) in [6.07, 6.45) is 10.5. The molecule has 1 aromatic carbocycles. The topological polar surface area (TPSA) is 103 Å². The van der Waals surface area contributed by atoms with E-state index in [1.807, 2.05) is 12.4 Å². The fraction of sp³-hybridized carbons (Fsp3) is 0.440. The Morgan fingerprint density at radius 3 is 2.57 bits per heavy atom. The van der Waals surface area contributed by atoms with Crippen molar-refractivity contribution in [1.29, 1.82) is 0 Å². The summed E-state index contributed by atoms with van der Waals surface area (Å²) in [5.74, 6) is 0.517. The lowest BCUT2D eigenvalue weighted by atomic mass is 9.92. The Hall–Kier alpha value is -3.12. The number of nitrogens with zero attached hydrogens (tertiary/aromatic N) is 6. The fourth-order valence-corrected chi connectivity index (χ4v) is 6.00. The zero-order valence-electron chi connectivity index (χ0n) is 21.0. The van der Waals surface area contributed by atoms with Gasteiger partial charge in [-0.15, -0.1) is 5.10 Å². The van der Waals surface area contributed by atoms with E-state index in [0.29, 0.717) is 21.8 Å². The number of benzene rings is 1. The van der Waals surface area contributed by atoms with Crippen LogP contribution in [0.4, 0.5) is 10.3 Å². The third-order valence-electron chi connectivity index (χ3n) is 6.67. The Morgan fingerprint density at radius 1 is 1.22 bits per heavy atom. The minimum absolute atomic E-state index is 0.0219. The molecule has 0 bridgehead atoms. The number of aryl methyl sites for hydroxylation is 1. The van der Waals surface area contributed by atoms with E-state index in [2.05, 4.69) is 38.8 Å².